The Hall–Kier alpha value is -2.40. The van der Waals surface area contributed by atoms with E-state index >= 15 is 0 Å². The Kier molecular flexibility index (Phi) is 7.22. The van der Waals surface area contributed by atoms with Crippen LogP contribution in [0.5, 0.6) is 5.75 Å². The first-order valence-electron chi connectivity index (χ1n) is 9.60. The number of thiocarbonyl (C=S) groups is 1. The van der Waals surface area contributed by atoms with Gasteiger partial charge in [0.05, 0.1) is 6.61 Å². The van der Waals surface area contributed by atoms with E-state index in [2.05, 4.69) is 27.3 Å². The molecule has 0 saturated carbocycles. The highest BCUT2D eigenvalue weighted by Crippen LogP contribution is 2.21. The van der Waals surface area contributed by atoms with Crippen molar-refractivity contribution < 1.29 is 4.74 Å². The molecule has 0 spiro atoms. The van der Waals surface area contributed by atoms with Crippen LogP contribution in [0.1, 0.15) is 38.2 Å². The summed E-state index contributed by atoms with van der Waals surface area (Å²) in [5, 5.41) is 4.11. The molecule has 1 aliphatic rings. The highest BCUT2D eigenvalue weighted by molar-refractivity contribution is 7.80. The molecular formula is C22H27N3OS. The third-order valence-electron chi connectivity index (χ3n) is 4.58. The molecule has 1 heterocycles. The van der Waals surface area contributed by atoms with Crippen LogP contribution >= 0.6 is 12.2 Å². The molecule has 1 aromatic carbocycles. The summed E-state index contributed by atoms with van der Waals surface area (Å²) in [7, 11) is 0. The van der Waals surface area contributed by atoms with Gasteiger partial charge >= 0.3 is 0 Å². The van der Waals surface area contributed by atoms with Crippen LogP contribution in [0.4, 0.5) is 5.69 Å². The lowest BCUT2D eigenvalue weighted by atomic mass is 9.99. The first-order valence-corrected chi connectivity index (χ1v) is 10.0. The van der Waals surface area contributed by atoms with E-state index in [0.717, 1.165) is 41.6 Å². The Balaban J connectivity index is 1.69. The zero-order chi connectivity index (χ0) is 18.9. The molecule has 4 nitrogen and oxygen atoms in total. The fourth-order valence-corrected chi connectivity index (χ4v) is 3.46. The van der Waals surface area contributed by atoms with Crippen molar-refractivity contribution in [1.29, 1.82) is 0 Å². The summed E-state index contributed by atoms with van der Waals surface area (Å²) in [6.07, 6.45) is 11.0. The number of aromatic nitrogens is 1. The minimum absolute atomic E-state index is 0.666. The van der Waals surface area contributed by atoms with Gasteiger partial charge in [-0.25, -0.2) is 0 Å². The number of pyridine rings is 1. The number of nitrogens with one attached hydrogen (secondary N) is 1. The monoisotopic (exact) mass is 381 g/mol. The maximum atomic E-state index is 5.75. The molecule has 5 heteroatoms. The van der Waals surface area contributed by atoms with E-state index in [9.17, 15) is 0 Å². The van der Waals surface area contributed by atoms with E-state index in [-0.39, 0.29) is 0 Å². The standard InChI is InChI=1S/C22H27N3OS/c1-2-26-21-12-10-20(11-13-21)24-22(27)25(16-18-7-4-3-5-8-18)17-19-9-6-14-23-15-19/h6-7,9-15H,2-5,8,16-17H2,1H3,(H,24,27). The van der Waals surface area contributed by atoms with Gasteiger partial charge in [-0.3, -0.25) is 4.98 Å². The molecule has 0 amide bonds. The fraction of sp³-hybridized carbons (Fsp3) is 0.364. The Morgan fingerprint density at radius 2 is 2.04 bits per heavy atom. The Morgan fingerprint density at radius 1 is 1.19 bits per heavy atom. The summed E-state index contributed by atoms with van der Waals surface area (Å²) < 4.78 is 5.51. The van der Waals surface area contributed by atoms with E-state index < -0.39 is 0 Å². The maximum Gasteiger partial charge on any atom is 0.174 e. The second-order valence-electron chi connectivity index (χ2n) is 6.71. The molecule has 2 aromatic rings. The maximum absolute atomic E-state index is 5.75. The Bertz CT molecular complexity index is 759. The van der Waals surface area contributed by atoms with E-state index in [1.807, 2.05) is 43.5 Å². The lowest BCUT2D eigenvalue weighted by Gasteiger charge is -2.28. The van der Waals surface area contributed by atoms with Crippen LogP contribution in [0.2, 0.25) is 0 Å². The Morgan fingerprint density at radius 3 is 2.70 bits per heavy atom. The number of allylic oxidation sites excluding steroid dienone is 1. The van der Waals surface area contributed by atoms with Gasteiger partial charge in [-0.1, -0.05) is 17.7 Å². The van der Waals surface area contributed by atoms with Crippen LogP contribution in [0.3, 0.4) is 0 Å². The number of ether oxygens (including phenoxy) is 1. The second-order valence-corrected chi connectivity index (χ2v) is 7.10. The van der Waals surface area contributed by atoms with Crippen LogP contribution in [-0.2, 0) is 6.54 Å². The molecule has 0 unspecified atom stereocenters. The number of hydrogen-bond acceptors (Lipinski definition) is 3. The Labute approximate surface area is 167 Å². The number of benzene rings is 1. The zero-order valence-electron chi connectivity index (χ0n) is 15.9. The zero-order valence-corrected chi connectivity index (χ0v) is 16.7. The molecule has 0 bridgehead atoms. The van der Waals surface area contributed by atoms with Gasteiger partial charge in [0, 0.05) is 31.2 Å². The van der Waals surface area contributed by atoms with Crippen molar-refractivity contribution in [3.05, 3.63) is 66.0 Å². The van der Waals surface area contributed by atoms with Gasteiger partial charge in [-0.2, -0.15) is 0 Å². The van der Waals surface area contributed by atoms with Gasteiger partial charge in [0.2, 0.25) is 0 Å². The number of hydrogen-bond donors (Lipinski definition) is 1. The molecule has 0 saturated heterocycles. The van der Waals surface area contributed by atoms with Gasteiger partial charge in [0.15, 0.2) is 5.11 Å². The molecule has 0 atom stereocenters. The summed E-state index contributed by atoms with van der Waals surface area (Å²) in [5.41, 5.74) is 3.60. The predicted octanol–water partition coefficient (Wildman–Crippen LogP) is 5.18. The van der Waals surface area contributed by atoms with Gasteiger partial charge < -0.3 is 15.0 Å². The fourth-order valence-electron chi connectivity index (χ4n) is 3.21. The number of anilines is 1. The lowest BCUT2D eigenvalue weighted by Crippen LogP contribution is -2.36. The minimum Gasteiger partial charge on any atom is -0.494 e. The average molecular weight is 382 g/mol. The van der Waals surface area contributed by atoms with Crippen molar-refractivity contribution in [2.24, 2.45) is 0 Å². The molecule has 142 valence electrons. The highest BCUT2D eigenvalue weighted by Gasteiger charge is 2.14. The summed E-state index contributed by atoms with van der Waals surface area (Å²) in [6, 6.07) is 12.0. The van der Waals surface area contributed by atoms with Crippen LogP contribution < -0.4 is 10.1 Å². The van der Waals surface area contributed by atoms with E-state index in [1.165, 1.54) is 24.8 Å². The number of rotatable bonds is 7. The van der Waals surface area contributed by atoms with Crippen molar-refractivity contribution in [3.8, 4) is 5.75 Å². The lowest BCUT2D eigenvalue weighted by molar-refractivity contribution is 0.340. The van der Waals surface area contributed by atoms with Crippen molar-refractivity contribution in [1.82, 2.24) is 9.88 Å². The predicted molar refractivity (Wildman–Crippen MR) is 115 cm³/mol. The SMILES string of the molecule is CCOc1ccc(NC(=S)N(CC2=CCCCC2)Cc2cccnc2)cc1. The topological polar surface area (TPSA) is 37.4 Å². The van der Waals surface area contributed by atoms with Crippen LogP contribution in [-0.4, -0.2) is 28.1 Å². The smallest absolute Gasteiger partial charge is 0.174 e. The second kappa shape index (κ2) is 10.1. The van der Waals surface area contributed by atoms with Crippen LogP contribution in [0.15, 0.2) is 60.4 Å². The first kappa shape index (κ1) is 19.4. The summed E-state index contributed by atoms with van der Waals surface area (Å²) in [5.74, 6) is 0.869. The quantitative estimate of drug-likeness (QED) is 0.528. The van der Waals surface area contributed by atoms with Crippen LogP contribution in [0.25, 0.3) is 0 Å². The molecule has 0 radical (unpaired) electrons. The normalized spacial score (nSPS) is 13.6. The molecule has 27 heavy (non-hydrogen) atoms. The van der Waals surface area contributed by atoms with E-state index in [4.69, 9.17) is 17.0 Å². The minimum atomic E-state index is 0.666. The first-order chi connectivity index (χ1) is 13.2. The third-order valence-corrected chi connectivity index (χ3v) is 4.94. The third kappa shape index (κ3) is 6.07. The molecule has 1 aliphatic carbocycles. The van der Waals surface area contributed by atoms with E-state index in [0.29, 0.717) is 6.61 Å². The van der Waals surface area contributed by atoms with Gasteiger partial charge in [-0.15, -0.1) is 0 Å². The average Bonchev–Trinajstić information content (AvgIpc) is 2.71. The van der Waals surface area contributed by atoms with Crippen molar-refractivity contribution >= 4 is 23.0 Å². The summed E-state index contributed by atoms with van der Waals surface area (Å²) in [6.45, 7) is 4.25. The van der Waals surface area contributed by atoms with Gasteiger partial charge in [-0.05, 0) is 80.7 Å². The molecule has 0 aliphatic heterocycles. The molecule has 1 N–H and O–H groups in total. The summed E-state index contributed by atoms with van der Waals surface area (Å²) >= 11 is 5.75. The van der Waals surface area contributed by atoms with Gasteiger partial charge in [0.25, 0.3) is 0 Å². The number of nitrogens with zero attached hydrogens (tertiary/aromatic N) is 2. The summed E-state index contributed by atoms with van der Waals surface area (Å²) in [4.78, 5) is 6.46. The molecule has 3 rings (SSSR count). The van der Waals surface area contributed by atoms with Crippen molar-refractivity contribution in [2.45, 2.75) is 39.2 Å². The van der Waals surface area contributed by atoms with E-state index in [1.54, 1.807) is 6.20 Å². The van der Waals surface area contributed by atoms with Crippen molar-refractivity contribution in [2.75, 3.05) is 18.5 Å². The largest absolute Gasteiger partial charge is 0.494 e. The molecule has 0 fully saturated rings. The van der Waals surface area contributed by atoms with Crippen LogP contribution in [0, 0.1) is 0 Å². The molecular weight excluding hydrogens is 354 g/mol. The van der Waals surface area contributed by atoms with Gasteiger partial charge in [0.1, 0.15) is 5.75 Å². The molecule has 1 aromatic heterocycles. The van der Waals surface area contributed by atoms with Crippen molar-refractivity contribution in [3.63, 3.8) is 0 Å². The highest BCUT2D eigenvalue weighted by atomic mass is 32.1.